The largest absolute Gasteiger partial charge is 0.379 e. The molecule has 0 aliphatic carbocycles. The van der Waals surface area contributed by atoms with E-state index in [1.165, 1.54) is 4.68 Å². The van der Waals surface area contributed by atoms with Gasteiger partial charge in [0.2, 0.25) is 11.8 Å². The Hall–Kier alpha value is -4.73. The van der Waals surface area contributed by atoms with Crippen molar-refractivity contribution in [3.63, 3.8) is 0 Å². The Bertz CT molecular complexity index is 1970. The summed E-state index contributed by atoms with van der Waals surface area (Å²) in [6.07, 6.45) is 2.72. The van der Waals surface area contributed by atoms with Crippen LogP contribution >= 0.6 is 15.9 Å². The lowest BCUT2D eigenvalue weighted by atomic mass is 9.87. The summed E-state index contributed by atoms with van der Waals surface area (Å²) in [6.45, 7) is 4.67. The van der Waals surface area contributed by atoms with Crippen molar-refractivity contribution < 1.29 is 24.0 Å². The minimum atomic E-state index is -0.997. The maximum absolute atomic E-state index is 13.5. The van der Waals surface area contributed by atoms with Crippen LogP contribution in [-0.4, -0.2) is 117 Å². The fraction of sp³-hybridized carbons (Fsp3) is 0.417. The van der Waals surface area contributed by atoms with Crippen molar-refractivity contribution in [2.24, 2.45) is 7.05 Å². The first-order valence-electron chi connectivity index (χ1n) is 17.1. The number of likely N-dealkylation sites (tertiary alicyclic amines) is 1. The number of nitrogens with one attached hydrogen (secondary N) is 2. The number of piperidine rings is 2. The van der Waals surface area contributed by atoms with Crippen LogP contribution in [-0.2, 0) is 23.2 Å². The molecular formula is C36H39BrN8O6. The molecule has 0 bridgehead atoms. The van der Waals surface area contributed by atoms with E-state index in [9.17, 15) is 28.8 Å². The Morgan fingerprint density at radius 1 is 0.941 bits per heavy atom. The average Bonchev–Trinajstić information content (AvgIpc) is 3.36. The second-order valence-corrected chi connectivity index (χ2v) is 14.6. The number of fused-ring (bicyclic) bond motifs is 1. The van der Waals surface area contributed by atoms with Gasteiger partial charge in [-0.25, -0.2) is 4.68 Å². The molecule has 15 heteroatoms. The summed E-state index contributed by atoms with van der Waals surface area (Å²) in [5, 5.41) is 9.85. The van der Waals surface area contributed by atoms with Gasteiger partial charge >= 0.3 is 0 Å². The summed E-state index contributed by atoms with van der Waals surface area (Å²) in [5.74, 6) is -1.85. The number of nitrogens with zero attached hydrogens (tertiary/aromatic N) is 6. The fourth-order valence-corrected chi connectivity index (χ4v) is 8.03. The number of imide groups is 2. The average molecular weight is 760 g/mol. The highest BCUT2D eigenvalue weighted by Crippen LogP contribution is 2.31. The van der Waals surface area contributed by atoms with Gasteiger partial charge < -0.3 is 15.1 Å². The van der Waals surface area contributed by atoms with E-state index >= 15 is 0 Å². The van der Waals surface area contributed by atoms with Gasteiger partial charge in [-0.15, -0.1) is 0 Å². The Kier molecular flexibility index (Phi) is 9.61. The highest BCUT2D eigenvalue weighted by atomic mass is 79.9. The van der Waals surface area contributed by atoms with Crippen LogP contribution < -0.4 is 16.2 Å². The molecule has 3 saturated heterocycles. The van der Waals surface area contributed by atoms with E-state index in [0.717, 1.165) is 35.5 Å². The van der Waals surface area contributed by atoms with Crippen LogP contribution in [0.4, 0.5) is 5.69 Å². The number of anilines is 1. The summed E-state index contributed by atoms with van der Waals surface area (Å²) < 4.78 is 1.76. The molecule has 7 rings (SSSR count). The molecule has 266 valence electrons. The number of likely N-dealkylation sites (N-methyl/N-ethyl adjacent to an activating group) is 1. The smallest absolute Gasteiger partial charge is 0.282 e. The number of benzene rings is 2. The summed E-state index contributed by atoms with van der Waals surface area (Å²) >= 11 is 3.41. The number of carbonyl (C=O) groups excluding carboxylic acids is 5. The number of hydrogen-bond donors (Lipinski definition) is 2. The van der Waals surface area contributed by atoms with Crippen molar-refractivity contribution in [3.05, 3.63) is 91.3 Å². The van der Waals surface area contributed by atoms with Crippen LogP contribution in [0.2, 0.25) is 0 Å². The Morgan fingerprint density at radius 3 is 2.39 bits per heavy atom. The van der Waals surface area contributed by atoms with Gasteiger partial charge in [-0.1, -0.05) is 18.2 Å². The quantitative estimate of drug-likeness (QED) is 0.341. The minimum absolute atomic E-state index is 0.0142. The zero-order valence-electron chi connectivity index (χ0n) is 28.4. The maximum atomic E-state index is 13.5. The van der Waals surface area contributed by atoms with Crippen LogP contribution in [0.3, 0.4) is 0 Å². The van der Waals surface area contributed by atoms with Crippen LogP contribution in [0.1, 0.15) is 67.4 Å². The van der Waals surface area contributed by atoms with E-state index in [0.29, 0.717) is 48.4 Å². The van der Waals surface area contributed by atoms with Crippen LogP contribution in [0.5, 0.6) is 0 Å². The molecule has 2 aromatic carbocycles. The number of halogens is 1. The number of aryl methyl sites for hydroxylation is 1. The van der Waals surface area contributed by atoms with Crippen molar-refractivity contribution in [3.8, 4) is 0 Å². The lowest BCUT2D eigenvalue weighted by molar-refractivity contribution is -0.136. The lowest BCUT2D eigenvalue weighted by Gasteiger charge is -2.37. The van der Waals surface area contributed by atoms with Crippen molar-refractivity contribution in [2.75, 3.05) is 51.6 Å². The number of piperazine rings is 1. The Balaban J connectivity index is 0.929. The van der Waals surface area contributed by atoms with Crippen LogP contribution in [0.15, 0.2) is 57.9 Å². The molecule has 1 unspecified atom stereocenters. The van der Waals surface area contributed by atoms with E-state index in [1.807, 2.05) is 35.2 Å². The Labute approximate surface area is 302 Å². The molecule has 14 nitrogen and oxygen atoms in total. The fourth-order valence-electron chi connectivity index (χ4n) is 7.56. The molecule has 3 fully saturated rings. The summed E-state index contributed by atoms with van der Waals surface area (Å²) in [4.78, 5) is 83.3. The first-order valence-corrected chi connectivity index (χ1v) is 17.9. The second-order valence-electron chi connectivity index (χ2n) is 13.8. The molecule has 0 saturated carbocycles. The molecule has 5 heterocycles. The zero-order valence-corrected chi connectivity index (χ0v) is 30.0. The number of aromatic nitrogens is 2. The SMILES string of the molecule is CN1C[C@@H](Nc2cnn(C)c(=O)c2Br)C[C@@H](c2ccc(C(=O)N3CCN(Cc4ccc5c(c4)C(=O)N(C4CCC(=O)NC4=O)C5=O)CC3)cc2)C1. The van der Waals surface area contributed by atoms with Crippen molar-refractivity contribution in [1.29, 1.82) is 0 Å². The molecule has 2 N–H and O–H groups in total. The van der Waals surface area contributed by atoms with Gasteiger partial charge in [-0.05, 0) is 77.1 Å². The van der Waals surface area contributed by atoms with E-state index in [2.05, 4.69) is 48.5 Å². The lowest BCUT2D eigenvalue weighted by Crippen LogP contribution is -2.54. The first kappa shape index (κ1) is 34.7. The number of rotatable bonds is 7. The standard InChI is InChI=1S/C36H39BrN8O6/c1-41-19-24(16-25(20-41)39-28-17-38-42(2)36(51)31(28)37)22-4-6-23(7-5-22)33(48)44-13-11-43(12-14-44)18-21-3-8-26-27(15-21)35(50)45(34(26)49)29-9-10-30(46)40-32(29)47/h3-8,15,17,24-25,29,39H,9-14,16,18-20H2,1-2H3,(H,40,46,47)/t24-,25+,29?/m1/s1. The van der Waals surface area contributed by atoms with Crippen LogP contribution in [0, 0.1) is 0 Å². The molecule has 0 radical (unpaired) electrons. The molecule has 4 aliphatic heterocycles. The van der Waals surface area contributed by atoms with Crippen molar-refractivity contribution >= 4 is 51.2 Å². The third-order valence-corrected chi connectivity index (χ3v) is 11.0. The van der Waals surface area contributed by atoms with E-state index in [1.54, 1.807) is 25.4 Å². The van der Waals surface area contributed by atoms with Crippen LogP contribution in [0.25, 0.3) is 0 Å². The minimum Gasteiger partial charge on any atom is -0.379 e. The third kappa shape index (κ3) is 6.97. The normalized spacial score (nSPS) is 23.0. The number of hydrogen-bond acceptors (Lipinski definition) is 10. The second kappa shape index (κ2) is 14.1. The molecule has 1 aromatic heterocycles. The summed E-state index contributed by atoms with van der Waals surface area (Å²) in [7, 11) is 3.70. The van der Waals surface area contributed by atoms with Gasteiger partial charge in [0.05, 0.1) is 23.0 Å². The zero-order chi connectivity index (χ0) is 36.0. The van der Waals surface area contributed by atoms with Crippen molar-refractivity contribution in [1.82, 2.24) is 34.7 Å². The van der Waals surface area contributed by atoms with E-state index in [-0.39, 0.29) is 47.4 Å². The number of carbonyl (C=O) groups is 5. The van der Waals surface area contributed by atoms with Gasteiger partial charge in [0.1, 0.15) is 10.5 Å². The molecular weight excluding hydrogens is 720 g/mol. The van der Waals surface area contributed by atoms with Gasteiger partial charge in [0, 0.05) is 70.9 Å². The van der Waals surface area contributed by atoms with Crippen molar-refractivity contribution in [2.45, 2.75) is 43.8 Å². The van der Waals surface area contributed by atoms with E-state index < -0.39 is 29.7 Å². The number of amides is 5. The monoisotopic (exact) mass is 758 g/mol. The first-order chi connectivity index (χ1) is 24.5. The summed E-state index contributed by atoms with van der Waals surface area (Å²) in [6, 6.07) is 12.2. The third-order valence-electron chi connectivity index (χ3n) is 10.3. The highest BCUT2D eigenvalue weighted by Gasteiger charge is 2.44. The molecule has 3 aromatic rings. The molecule has 0 spiro atoms. The summed E-state index contributed by atoms with van der Waals surface area (Å²) in [5.41, 5.74) is 3.66. The highest BCUT2D eigenvalue weighted by molar-refractivity contribution is 9.10. The topological polar surface area (TPSA) is 157 Å². The van der Waals surface area contributed by atoms with E-state index in [4.69, 9.17) is 0 Å². The van der Waals surface area contributed by atoms with Gasteiger partial charge in [-0.2, -0.15) is 5.10 Å². The van der Waals surface area contributed by atoms with Gasteiger partial charge in [-0.3, -0.25) is 43.9 Å². The molecule has 4 aliphatic rings. The molecule has 3 atom stereocenters. The molecule has 51 heavy (non-hydrogen) atoms. The predicted molar refractivity (Wildman–Crippen MR) is 190 cm³/mol. The van der Waals surface area contributed by atoms with Gasteiger partial charge in [0.15, 0.2) is 0 Å². The molecule has 5 amide bonds. The van der Waals surface area contributed by atoms with Gasteiger partial charge in [0.25, 0.3) is 23.3 Å². The predicted octanol–water partition coefficient (Wildman–Crippen LogP) is 1.80. The Morgan fingerprint density at radius 2 is 1.67 bits per heavy atom. The maximum Gasteiger partial charge on any atom is 0.282 e.